The summed E-state index contributed by atoms with van der Waals surface area (Å²) in [4.78, 5) is 26.1. The van der Waals surface area contributed by atoms with Crippen molar-refractivity contribution in [2.75, 3.05) is 0 Å². The van der Waals surface area contributed by atoms with Crippen molar-refractivity contribution in [3.05, 3.63) is 28.0 Å². The molecule has 0 fully saturated rings. The molecular weight excluding hydrogens is 253 g/mol. The monoisotopic (exact) mass is 261 g/mol. The van der Waals surface area contributed by atoms with Gasteiger partial charge in [-0.3, -0.25) is 9.59 Å². The molecule has 1 rings (SSSR count). The third kappa shape index (κ3) is 3.08. The number of pyridine rings is 1. The molecule has 0 aromatic carbocycles. The molecule has 2 amide bonds. The van der Waals surface area contributed by atoms with Crippen LogP contribution in [0.5, 0.6) is 0 Å². The SMILES string of the molecule is CC(NC(=O)c1nc(Cl)ccc1Cl)C(N)=O. The molecule has 1 aromatic rings. The topological polar surface area (TPSA) is 85.1 Å². The second-order valence-electron chi connectivity index (χ2n) is 3.06. The van der Waals surface area contributed by atoms with Crippen LogP contribution in [0.2, 0.25) is 10.2 Å². The van der Waals surface area contributed by atoms with E-state index in [1.807, 2.05) is 0 Å². The first-order chi connectivity index (χ1) is 7.41. The van der Waals surface area contributed by atoms with Gasteiger partial charge in [-0.1, -0.05) is 23.2 Å². The maximum atomic E-state index is 11.6. The zero-order valence-corrected chi connectivity index (χ0v) is 9.84. The number of nitrogens with zero attached hydrogens (tertiary/aromatic N) is 1. The van der Waals surface area contributed by atoms with Crippen molar-refractivity contribution in [2.24, 2.45) is 5.73 Å². The van der Waals surface area contributed by atoms with Crippen molar-refractivity contribution in [3.8, 4) is 0 Å². The summed E-state index contributed by atoms with van der Waals surface area (Å²) in [5, 5.41) is 2.64. The quantitative estimate of drug-likeness (QED) is 0.796. The van der Waals surface area contributed by atoms with Crippen molar-refractivity contribution in [3.63, 3.8) is 0 Å². The number of nitrogens with two attached hydrogens (primary N) is 1. The maximum Gasteiger partial charge on any atom is 0.272 e. The molecule has 1 heterocycles. The van der Waals surface area contributed by atoms with Crippen molar-refractivity contribution in [1.29, 1.82) is 0 Å². The Morgan fingerprint density at radius 1 is 1.44 bits per heavy atom. The molecule has 0 spiro atoms. The molecule has 0 aliphatic heterocycles. The number of carbonyl (C=O) groups is 2. The molecule has 1 atom stereocenters. The summed E-state index contributed by atoms with van der Waals surface area (Å²) in [6.07, 6.45) is 0. The third-order valence-electron chi connectivity index (χ3n) is 1.80. The van der Waals surface area contributed by atoms with Gasteiger partial charge in [-0.25, -0.2) is 4.98 Å². The lowest BCUT2D eigenvalue weighted by Crippen LogP contribution is -2.42. The van der Waals surface area contributed by atoms with Crippen LogP contribution in [0.1, 0.15) is 17.4 Å². The Bertz CT molecular complexity index is 437. The minimum Gasteiger partial charge on any atom is -0.368 e. The first-order valence-electron chi connectivity index (χ1n) is 4.34. The van der Waals surface area contributed by atoms with Crippen LogP contribution >= 0.6 is 23.2 Å². The van der Waals surface area contributed by atoms with Gasteiger partial charge in [0, 0.05) is 0 Å². The van der Waals surface area contributed by atoms with Crippen molar-refractivity contribution in [2.45, 2.75) is 13.0 Å². The fourth-order valence-electron chi connectivity index (χ4n) is 0.914. The van der Waals surface area contributed by atoms with E-state index in [0.717, 1.165) is 0 Å². The third-order valence-corrected chi connectivity index (χ3v) is 2.32. The van der Waals surface area contributed by atoms with Gasteiger partial charge < -0.3 is 11.1 Å². The number of hydrogen-bond acceptors (Lipinski definition) is 3. The van der Waals surface area contributed by atoms with Crippen LogP contribution in [0, 0.1) is 0 Å². The number of amides is 2. The molecule has 0 saturated carbocycles. The molecule has 16 heavy (non-hydrogen) atoms. The van der Waals surface area contributed by atoms with E-state index < -0.39 is 17.9 Å². The van der Waals surface area contributed by atoms with E-state index in [-0.39, 0.29) is 15.9 Å². The first-order valence-corrected chi connectivity index (χ1v) is 5.09. The lowest BCUT2D eigenvalue weighted by atomic mass is 10.3. The Morgan fingerprint density at radius 2 is 2.06 bits per heavy atom. The summed E-state index contributed by atoms with van der Waals surface area (Å²) in [5.74, 6) is -1.25. The molecule has 5 nitrogen and oxygen atoms in total. The van der Waals surface area contributed by atoms with Crippen LogP contribution in [0.3, 0.4) is 0 Å². The van der Waals surface area contributed by atoms with E-state index in [4.69, 9.17) is 28.9 Å². The number of rotatable bonds is 3. The smallest absolute Gasteiger partial charge is 0.272 e. The molecule has 0 bridgehead atoms. The minimum absolute atomic E-state index is 0.0396. The maximum absolute atomic E-state index is 11.6. The van der Waals surface area contributed by atoms with Gasteiger partial charge in [-0.15, -0.1) is 0 Å². The number of carbonyl (C=O) groups excluding carboxylic acids is 2. The average Bonchev–Trinajstić information content (AvgIpc) is 2.21. The van der Waals surface area contributed by atoms with Gasteiger partial charge in [0.15, 0.2) is 0 Å². The summed E-state index contributed by atoms with van der Waals surface area (Å²) in [6.45, 7) is 1.46. The average molecular weight is 262 g/mol. The molecule has 0 saturated heterocycles. The van der Waals surface area contributed by atoms with Crippen LogP contribution in [-0.4, -0.2) is 22.8 Å². The zero-order chi connectivity index (χ0) is 12.3. The fraction of sp³-hybridized carbons (Fsp3) is 0.222. The number of aromatic nitrogens is 1. The Morgan fingerprint density at radius 3 is 2.62 bits per heavy atom. The van der Waals surface area contributed by atoms with E-state index in [1.165, 1.54) is 19.1 Å². The first kappa shape index (κ1) is 12.7. The second-order valence-corrected chi connectivity index (χ2v) is 3.86. The molecule has 0 radical (unpaired) electrons. The van der Waals surface area contributed by atoms with Crippen molar-refractivity contribution in [1.82, 2.24) is 10.3 Å². The van der Waals surface area contributed by atoms with E-state index in [0.29, 0.717) is 0 Å². The highest BCUT2D eigenvalue weighted by Crippen LogP contribution is 2.16. The fourth-order valence-corrected chi connectivity index (χ4v) is 1.25. The van der Waals surface area contributed by atoms with Gasteiger partial charge in [0.25, 0.3) is 5.91 Å². The Hall–Kier alpha value is -1.33. The lowest BCUT2D eigenvalue weighted by Gasteiger charge is -2.10. The number of primary amides is 1. The summed E-state index contributed by atoms with van der Waals surface area (Å²) >= 11 is 11.4. The number of halogens is 2. The van der Waals surface area contributed by atoms with Gasteiger partial charge in [0.05, 0.1) is 5.02 Å². The summed E-state index contributed by atoms with van der Waals surface area (Å²) < 4.78 is 0. The molecule has 3 N–H and O–H groups in total. The summed E-state index contributed by atoms with van der Waals surface area (Å²) in [7, 11) is 0. The van der Waals surface area contributed by atoms with E-state index >= 15 is 0 Å². The Kier molecular flexibility index (Phi) is 4.09. The number of hydrogen-bond donors (Lipinski definition) is 2. The predicted molar refractivity (Wildman–Crippen MR) is 60.4 cm³/mol. The van der Waals surface area contributed by atoms with Gasteiger partial charge in [-0.05, 0) is 19.1 Å². The van der Waals surface area contributed by atoms with Gasteiger partial charge in [-0.2, -0.15) is 0 Å². The summed E-state index contributed by atoms with van der Waals surface area (Å²) in [5.41, 5.74) is 4.96. The normalized spacial score (nSPS) is 11.9. The van der Waals surface area contributed by atoms with Gasteiger partial charge in [0.1, 0.15) is 16.9 Å². The molecule has 7 heteroatoms. The highest BCUT2D eigenvalue weighted by Gasteiger charge is 2.17. The Labute approximate surface area is 102 Å². The van der Waals surface area contributed by atoms with Crippen molar-refractivity contribution >= 4 is 35.0 Å². The molecule has 0 aliphatic rings. The van der Waals surface area contributed by atoms with E-state index in [1.54, 1.807) is 0 Å². The number of nitrogens with one attached hydrogen (secondary N) is 1. The van der Waals surface area contributed by atoms with Crippen LogP contribution in [0.25, 0.3) is 0 Å². The van der Waals surface area contributed by atoms with Gasteiger partial charge >= 0.3 is 0 Å². The standard InChI is InChI=1S/C9H9Cl2N3O2/c1-4(8(12)15)13-9(16)7-5(10)2-3-6(11)14-7/h2-4H,1H3,(H2,12,15)(H,13,16). The van der Waals surface area contributed by atoms with Crippen LogP contribution in [0.15, 0.2) is 12.1 Å². The van der Waals surface area contributed by atoms with Crippen LogP contribution < -0.4 is 11.1 Å². The van der Waals surface area contributed by atoms with E-state index in [2.05, 4.69) is 10.3 Å². The molecule has 1 unspecified atom stereocenters. The molecule has 1 aromatic heterocycles. The van der Waals surface area contributed by atoms with Crippen LogP contribution in [-0.2, 0) is 4.79 Å². The highest BCUT2D eigenvalue weighted by molar-refractivity contribution is 6.34. The van der Waals surface area contributed by atoms with E-state index in [9.17, 15) is 9.59 Å². The molecule has 86 valence electrons. The Balaban J connectivity index is 2.88. The van der Waals surface area contributed by atoms with Crippen molar-refractivity contribution < 1.29 is 9.59 Å². The van der Waals surface area contributed by atoms with Gasteiger partial charge in [0.2, 0.25) is 5.91 Å². The minimum atomic E-state index is -0.802. The zero-order valence-electron chi connectivity index (χ0n) is 8.33. The molecule has 0 aliphatic carbocycles. The highest BCUT2D eigenvalue weighted by atomic mass is 35.5. The van der Waals surface area contributed by atoms with Crippen LogP contribution in [0.4, 0.5) is 0 Å². The summed E-state index contributed by atoms with van der Waals surface area (Å²) in [6, 6.07) is 2.10. The molecular formula is C9H9Cl2N3O2. The predicted octanol–water partition coefficient (Wildman–Crippen LogP) is 0.992. The lowest BCUT2D eigenvalue weighted by molar-refractivity contribution is -0.119. The second kappa shape index (κ2) is 5.14. The largest absolute Gasteiger partial charge is 0.368 e.